The summed E-state index contributed by atoms with van der Waals surface area (Å²) in [4.78, 5) is 3.73. The molecule has 0 bridgehead atoms. The molecule has 0 fully saturated rings. The van der Waals surface area contributed by atoms with Gasteiger partial charge >= 0.3 is 0 Å². The number of halogens is 3. The van der Waals surface area contributed by atoms with Crippen LogP contribution in [0.15, 0.2) is 30.6 Å². The Morgan fingerprint density at radius 3 is 2.38 bits per heavy atom. The Labute approximate surface area is 102 Å². The molecule has 0 saturated carbocycles. The Hall–Kier alpha value is -1.32. The number of nitrogens with zero attached hydrogens (tertiary/aromatic N) is 1. The molecule has 0 radical (unpaired) electrons. The highest BCUT2D eigenvalue weighted by Crippen LogP contribution is 2.37. The molecule has 2 rings (SSSR count). The standard InChI is InChI=1S/C11H7Cl2FN2/c12-7-2-1-3-8(13)10(7)6-4-16-5-9(14)11(6)15/h1-5H,(H2,15,16). The lowest BCUT2D eigenvalue weighted by Crippen LogP contribution is -1.96. The van der Waals surface area contributed by atoms with Gasteiger partial charge in [-0.2, -0.15) is 0 Å². The number of hydrogen-bond donors (Lipinski definition) is 1. The lowest BCUT2D eigenvalue weighted by molar-refractivity contribution is 0.627. The predicted octanol–water partition coefficient (Wildman–Crippen LogP) is 3.78. The zero-order valence-corrected chi connectivity index (χ0v) is 9.56. The smallest absolute Gasteiger partial charge is 0.164 e. The topological polar surface area (TPSA) is 38.9 Å². The van der Waals surface area contributed by atoms with E-state index in [9.17, 15) is 4.39 Å². The molecule has 0 spiro atoms. The van der Waals surface area contributed by atoms with E-state index in [0.717, 1.165) is 6.20 Å². The minimum Gasteiger partial charge on any atom is -0.396 e. The summed E-state index contributed by atoms with van der Waals surface area (Å²) in [5.74, 6) is -0.589. The highest BCUT2D eigenvalue weighted by atomic mass is 35.5. The highest BCUT2D eigenvalue weighted by molar-refractivity contribution is 6.39. The van der Waals surface area contributed by atoms with E-state index in [4.69, 9.17) is 28.9 Å². The number of nitrogen functional groups attached to an aromatic ring is 1. The van der Waals surface area contributed by atoms with Gasteiger partial charge in [-0.05, 0) is 12.1 Å². The summed E-state index contributed by atoms with van der Waals surface area (Å²) in [6.45, 7) is 0. The predicted molar refractivity (Wildman–Crippen MR) is 64.1 cm³/mol. The number of benzene rings is 1. The average Bonchev–Trinajstić information content (AvgIpc) is 2.24. The summed E-state index contributed by atoms with van der Waals surface area (Å²) >= 11 is 12.0. The first-order valence-electron chi connectivity index (χ1n) is 4.44. The third kappa shape index (κ3) is 1.84. The quantitative estimate of drug-likeness (QED) is 0.844. The maximum atomic E-state index is 13.3. The van der Waals surface area contributed by atoms with Crippen LogP contribution in [0.2, 0.25) is 10.0 Å². The van der Waals surface area contributed by atoms with Crippen LogP contribution in [0.3, 0.4) is 0 Å². The van der Waals surface area contributed by atoms with Gasteiger partial charge in [0.25, 0.3) is 0 Å². The van der Waals surface area contributed by atoms with Gasteiger partial charge in [0.05, 0.1) is 21.9 Å². The van der Waals surface area contributed by atoms with E-state index < -0.39 is 5.82 Å². The number of rotatable bonds is 1. The molecule has 0 atom stereocenters. The fourth-order valence-corrected chi connectivity index (χ4v) is 2.00. The third-order valence-electron chi connectivity index (χ3n) is 2.17. The van der Waals surface area contributed by atoms with Crippen molar-refractivity contribution in [2.24, 2.45) is 0 Å². The molecule has 5 heteroatoms. The molecule has 0 aliphatic rings. The molecule has 0 unspecified atom stereocenters. The van der Waals surface area contributed by atoms with E-state index in [-0.39, 0.29) is 5.69 Å². The molecule has 2 aromatic rings. The molecule has 2 N–H and O–H groups in total. The zero-order chi connectivity index (χ0) is 11.7. The van der Waals surface area contributed by atoms with Gasteiger partial charge in [-0.25, -0.2) is 4.39 Å². The van der Waals surface area contributed by atoms with Crippen LogP contribution in [0.25, 0.3) is 11.1 Å². The number of anilines is 1. The molecular weight excluding hydrogens is 250 g/mol. The molecule has 1 aromatic heterocycles. The number of aromatic nitrogens is 1. The molecule has 82 valence electrons. The molecule has 1 heterocycles. The monoisotopic (exact) mass is 256 g/mol. The van der Waals surface area contributed by atoms with Crippen LogP contribution in [0.5, 0.6) is 0 Å². The number of hydrogen-bond acceptors (Lipinski definition) is 2. The first-order valence-corrected chi connectivity index (χ1v) is 5.20. The van der Waals surface area contributed by atoms with Gasteiger partial charge < -0.3 is 5.73 Å². The second-order valence-electron chi connectivity index (χ2n) is 3.18. The van der Waals surface area contributed by atoms with Gasteiger partial charge in [-0.1, -0.05) is 29.3 Å². The Balaban J connectivity index is 2.73. The molecule has 2 nitrogen and oxygen atoms in total. The van der Waals surface area contributed by atoms with Crippen molar-refractivity contribution >= 4 is 28.9 Å². The van der Waals surface area contributed by atoms with Crippen molar-refractivity contribution in [2.75, 3.05) is 5.73 Å². The van der Waals surface area contributed by atoms with Crippen molar-refractivity contribution < 1.29 is 4.39 Å². The van der Waals surface area contributed by atoms with Crippen LogP contribution in [0, 0.1) is 5.82 Å². The Morgan fingerprint density at radius 2 is 1.75 bits per heavy atom. The van der Waals surface area contributed by atoms with Gasteiger partial charge in [0.15, 0.2) is 5.82 Å². The maximum absolute atomic E-state index is 13.3. The second kappa shape index (κ2) is 4.28. The van der Waals surface area contributed by atoms with Gasteiger partial charge in [0.2, 0.25) is 0 Å². The molecular formula is C11H7Cl2FN2. The average molecular weight is 257 g/mol. The van der Waals surface area contributed by atoms with Gasteiger partial charge in [-0.3, -0.25) is 4.98 Å². The van der Waals surface area contributed by atoms with Crippen molar-refractivity contribution in [3.8, 4) is 11.1 Å². The molecule has 16 heavy (non-hydrogen) atoms. The summed E-state index contributed by atoms with van der Waals surface area (Å²) in [6, 6.07) is 5.03. The lowest BCUT2D eigenvalue weighted by Gasteiger charge is -2.09. The van der Waals surface area contributed by atoms with E-state index in [2.05, 4.69) is 4.98 Å². The van der Waals surface area contributed by atoms with Crippen LogP contribution in [0.1, 0.15) is 0 Å². The molecule has 0 aliphatic carbocycles. The van der Waals surface area contributed by atoms with E-state index in [0.29, 0.717) is 21.2 Å². The van der Waals surface area contributed by atoms with Crippen molar-refractivity contribution in [1.82, 2.24) is 4.98 Å². The molecule has 0 amide bonds. The second-order valence-corrected chi connectivity index (χ2v) is 3.99. The lowest BCUT2D eigenvalue weighted by atomic mass is 10.1. The summed E-state index contributed by atoms with van der Waals surface area (Å²) < 4.78 is 13.3. The third-order valence-corrected chi connectivity index (χ3v) is 2.80. The first-order chi connectivity index (χ1) is 7.61. The van der Waals surface area contributed by atoms with E-state index in [1.807, 2.05) is 0 Å². The fraction of sp³-hybridized carbons (Fsp3) is 0. The maximum Gasteiger partial charge on any atom is 0.164 e. The molecule has 1 aromatic carbocycles. The summed E-state index contributed by atoms with van der Waals surface area (Å²) in [5, 5.41) is 0.818. The van der Waals surface area contributed by atoms with Crippen molar-refractivity contribution in [1.29, 1.82) is 0 Å². The first kappa shape index (κ1) is 11.2. The summed E-state index contributed by atoms with van der Waals surface area (Å²) in [5.41, 5.74) is 6.51. The van der Waals surface area contributed by atoms with Crippen molar-refractivity contribution in [3.05, 3.63) is 46.5 Å². The van der Waals surface area contributed by atoms with E-state index in [1.54, 1.807) is 18.2 Å². The van der Waals surface area contributed by atoms with E-state index in [1.165, 1.54) is 6.20 Å². The van der Waals surface area contributed by atoms with Crippen molar-refractivity contribution in [2.45, 2.75) is 0 Å². The van der Waals surface area contributed by atoms with Crippen molar-refractivity contribution in [3.63, 3.8) is 0 Å². The zero-order valence-electron chi connectivity index (χ0n) is 8.05. The number of nitrogens with two attached hydrogens (primary N) is 1. The SMILES string of the molecule is Nc1c(F)cncc1-c1c(Cl)cccc1Cl. The van der Waals surface area contributed by atoms with Crippen LogP contribution in [-0.4, -0.2) is 4.98 Å². The Morgan fingerprint density at radius 1 is 1.12 bits per heavy atom. The van der Waals surface area contributed by atoms with Crippen LogP contribution < -0.4 is 5.73 Å². The largest absolute Gasteiger partial charge is 0.396 e. The summed E-state index contributed by atoms with van der Waals surface area (Å²) in [7, 11) is 0. The number of pyridine rings is 1. The molecule has 0 aliphatic heterocycles. The van der Waals surface area contributed by atoms with E-state index >= 15 is 0 Å². The van der Waals surface area contributed by atoms with Gasteiger partial charge in [-0.15, -0.1) is 0 Å². The summed E-state index contributed by atoms with van der Waals surface area (Å²) in [6.07, 6.45) is 2.48. The fourth-order valence-electron chi connectivity index (χ4n) is 1.40. The minimum atomic E-state index is -0.589. The van der Waals surface area contributed by atoms with Gasteiger partial charge in [0.1, 0.15) is 0 Å². The van der Waals surface area contributed by atoms with Crippen LogP contribution >= 0.6 is 23.2 Å². The highest BCUT2D eigenvalue weighted by Gasteiger charge is 2.13. The minimum absolute atomic E-state index is 0.00926. The van der Waals surface area contributed by atoms with Crippen LogP contribution in [-0.2, 0) is 0 Å². The molecule has 0 saturated heterocycles. The van der Waals surface area contributed by atoms with Gasteiger partial charge in [0, 0.05) is 17.3 Å². The Bertz CT molecular complexity index is 523. The normalized spacial score (nSPS) is 10.4. The Kier molecular flexibility index (Phi) is 2.99. The van der Waals surface area contributed by atoms with Crippen LogP contribution in [0.4, 0.5) is 10.1 Å².